The lowest BCUT2D eigenvalue weighted by atomic mass is 9.85. The molecule has 1 aromatic rings. The predicted molar refractivity (Wildman–Crippen MR) is 117 cm³/mol. The van der Waals surface area contributed by atoms with Crippen molar-refractivity contribution in [3.05, 3.63) is 29.8 Å². The van der Waals surface area contributed by atoms with Crippen LogP contribution in [0.3, 0.4) is 0 Å². The molecule has 1 saturated carbocycles. The quantitative estimate of drug-likeness (QED) is 0.582. The molecule has 2 amide bonds. The Morgan fingerprint density at radius 2 is 1.83 bits per heavy atom. The summed E-state index contributed by atoms with van der Waals surface area (Å²) in [6.45, 7) is 8.35. The highest BCUT2D eigenvalue weighted by atomic mass is 16.6. The average molecular weight is 416 g/mol. The Morgan fingerprint density at radius 1 is 1.17 bits per heavy atom. The molecule has 1 aromatic carbocycles. The van der Waals surface area contributed by atoms with Gasteiger partial charge in [0.2, 0.25) is 5.91 Å². The zero-order chi connectivity index (χ0) is 21.7. The Hall–Kier alpha value is -2.77. The molecule has 1 saturated heterocycles. The van der Waals surface area contributed by atoms with Crippen LogP contribution in [0.2, 0.25) is 0 Å². The van der Waals surface area contributed by atoms with E-state index >= 15 is 0 Å². The number of guanidine groups is 1. The van der Waals surface area contributed by atoms with Crippen molar-refractivity contribution in [2.75, 3.05) is 31.5 Å². The minimum absolute atomic E-state index is 0.101. The number of piperazine rings is 1. The van der Waals surface area contributed by atoms with Crippen molar-refractivity contribution in [3.63, 3.8) is 0 Å². The van der Waals surface area contributed by atoms with Gasteiger partial charge in [0.25, 0.3) is 0 Å². The molecule has 0 atom stereocenters. The molecule has 8 nitrogen and oxygen atoms in total. The highest BCUT2D eigenvalue weighted by molar-refractivity contribution is 5.93. The lowest BCUT2D eigenvalue weighted by Gasteiger charge is -2.36. The minimum atomic E-state index is -0.499. The van der Waals surface area contributed by atoms with Crippen molar-refractivity contribution in [2.24, 2.45) is 16.6 Å². The summed E-state index contributed by atoms with van der Waals surface area (Å²) in [5.41, 5.74) is 7.45. The van der Waals surface area contributed by atoms with Gasteiger partial charge in [-0.05, 0) is 51.3 Å². The number of nitrogens with one attached hydrogen (secondary N) is 1. The molecule has 0 spiro atoms. The van der Waals surface area contributed by atoms with Gasteiger partial charge in [0.15, 0.2) is 5.96 Å². The van der Waals surface area contributed by atoms with Crippen LogP contribution in [0.25, 0.3) is 0 Å². The van der Waals surface area contributed by atoms with E-state index in [0.29, 0.717) is 38.7 Å². The Balaban J connectivity index is 1.49. The lowest BCUT2D eigenvalue weighted by molar-refractivity contribution is -0.122. The third-order valence-electron chi connectivity index (χ3n) is 5.35. The lowest BCUT2D eigenvalue weighted by Crippen LogP contribution is -2.53. The molecule has 1 heterocycles. The Bertz CT molecular complexity index is 790. The second kappa shape index (κ2) is 9.36. The molecule has 0 radical (unpaired) electrons. The van der Waals surface area contributed by atoms with Gasteiger partial charge in [0.05, 0.1) is 6.54 Å². The van der Waals surface area contributed by atoms with E-state index < -0.39 is 5.60 Å². The van der Waals surface area contributed by atoms with Crippen molar-refractivity contribution in [3.8, 4) is 0 Å². The first-order valence-corrected chi connectivity index (χ1v) is 10.6. The summed E-state index contributed by atoms with van der Waals surface area (Å²) in [5, 5.41) is 2.99. The van der Waals surface area contributed by atoms with Gasteiger partial charge >= 0.3 is 6.09 Å². The fourth-order valence-corrected chi connectivity index (χ4v) is 3.38. The van der Waals surface area contributed by atoms with E-state index in [4.69, 9.17) is 10.5 Å². The van der Waals surface area contributed by atoms with Gasteiger partial charge in [-0.3, -0.25) is 4.79 Å². The zero-order valence-corrected chi connectivity index (χ0v) is 18.2. The standard InChI is InChI=1S/C22H33N5O3/c1-22(2,3)30-21(29)27-12-10-26(11-13-27)20(23)24-15-16-6-4-9-18(14-16)25-19(28)17-7-5-8-17/h4,6,9,14,17H,5,7-8,10-13,15H2,1-3H3,(H2,23,24)(H,25,28). The number of ether oxygens (including phenoxy) is 1. The van der Waals surface area contributed by atoms with E-state index in [-0.39, 0.29) is 17.9 Å². The maximum absolute atomic E-state index is 12.2. The summed E-state index contributed by atoms with van der Waals surface area (Å²) >= 11 is 0. The molecule has 0 bridgehead atoms. The van der Waals surface area contributed by atoms with E-state index in [2.05, 4.69) is 10.3 Å². The van der Waals surface area contributed by atoms with Crippen LogP contribution in [-0.4, -0.2) is 59.5 Å². The number of amides is 2. The van der Waals surface area contributed by atoms with Crippen molar-refractivity contribution in [1.29, 1.82) is 0 Å². The first-order chi connectivity index (χ1) is 14.2. The van der Waals surface area contributed by atoms with Crippen LogP contribution >= 0.6 is 0 Å². The average Bonchev–Trinajstić information content (AvgIpc) is 2.63. The predicted octanol–water partition coefficient (Wildman–Crippen LogP) is 2.79. The van der Waals surface area contributed by atoms with Crippen molar-refractivity contribution in [1.82, 2.24) is 9.80 Å². The van der Waals surface area contributed by atoms with Gasteiger partial charge in [0.1, 0.15) is 5.60 Å². The van der Waals surface area contributed by atoms with E-state index in [1.165, 1.54) is 0 Å². The monoisotopic (exact) mass is 415 g/mol. The van der Waals surface area contributed by atoms with Gasteiger partial charge in [0, 0.05) is 37.8 Å². The topological polar surface area (TPSA) is 100 Å². The fraction of sp³-hybridized carbons (Fsp3) is 0.591. The van der Waals surface area contributed by atoms with Crippen molar-refractivity contribution >= 4 is 23.6 Å². The Labute approximate surface area is 178 Å². The second-order valence-corrected chi connectivity index (χ2v) is 8.95. The Morgan fingerprint density at radius 3 is 2.43 bits per heavy atom. The maximum Gasteiger partial charge on any atom is 0.410 e. The van der Waals surface area contributed by atoms with E-state index in [9.17, 15) is 9.59 Å². The molecule has 1 aliphatic carbocycles. The molecule has 2 fully saturated rings. The van der Waals surface area contributed by atoms with Gasteiger partial charge < -0.3 is 25.6 Å². The van der Waals surface area contributed by atoms with E-state index in [1.807, 2.05) is 49.9 Å². The molecule has 3 rings (SSSR count). The van der Waals surface area contributed by atoms with Crippen LogP contribution < -0.4 is 11.1 Å². The molecule has 8 heteroatoms. The van der Waals surface area contributed by atoms with E-state index in [0.717, 1.165) is 30.5 Å². The number of nitrogens with zero attached hydrogens (tertiary/aromatic N) is 3. The highest BCUT2D eigenvalue weighted by Crippen LogP contribution is 2.27. The summed E-state index contributed by atoms with van der Waals surface area (Å²) in [4.78, 5) is 32.5. The summed E-state index contributed by atoms with van der Waals surface area (Å²) in [5.74, 6) is 0.716. The van der Waals surface area contributed by atoms with Gasteiger partial charge in [-0.15, -0.1) is 0 Å². The number of hydrogen-bond donors (Lipinski definition) is 2. The second-order valence-electron chi connectivity index (χ2n) is 8.95. The number of hydrogen-bond acceptors (Lipinski definition) is 4. The van der Waals surface area contributed by atoms with Crippen molar-refractivity contribution in [2.45, 2.75) is 52.2 Å². The molecule has 30 heavy (non-hydrogen) atoms. The molecular formula is C22H33N5O3. The van der Waals surface area contributed by atoms with Crippen molar-refractivity contribution < 1.29 is 14.3 Å². The first kappa shape index (κ1) is 21.9. The number of rotatable bonds is 4. The van der Waals surface area contributed by atoms with Gasteiger partial charge in [-0.1, -0.05) is 18.6 Å². The van der Waals surface area contributed by atoms with Crippen LogP contribution in [0.15, 0.2) is 29.3 Å². The SMILES string of the molecule is CC(C)(C)OC(=O)N1CCN(C(N)=NCc2cccc(NC(=O)C3CCC3)c2)CC1. The molecule has 0 aromatic heterocycles. The van der Waals surface area contributed by atoms with Crippen LogP contribution in [0.5, 0.6) is 0 Å². The largest absolute Gasteiger partial charge is 0.444 e. The van der Waals surface area contributed by atoms with Crippen LogP contribution in [-0.2, 0) is 16.1 Å². The maximum atomic E-state index is 12.2. The summed E-state index contributed by atoms with van der Waals surface area (Å²) < 4.78 is 5.42. The summed E-state index contributed by atoms with van der Waals surface area (Å²) in [6.07, 6.45) is 2.80. The first-order valence-electron chi connectivity index (χ1n) is 10.6. The molecule has 2 aliphatic rings. The fourth-order valence-electron chi connectivity index (χ4n) is 3.38. The normalized spacial score (nSPS) is 18.0. The minimum Gasteiger partial charge on any atom is -0.444 e. The molecule has 1 aliphatic heterocycles. The molecular weight excluding hydrogens is 382 g/mol. The van der Waals surface area contributed by atoms with Crippen LogP contribution in [0.4, 0.5) is 10.5 Å². The van der Waals surface area contributed by atoms with Crippen LogP contribution in [0, 0.1) is 5.92 Å². The molecule has 3 N–H and O–H groups in total. The Kier molecular flexibility index (Phi) is 6.84. The smallest absolute Gasteiger partial charge is 0.410 e. The number of benzene rings is 1. The summed E-state index contributed by atoms with van der Waals surface area (Å²) in [7, 11) is 0. The molecule has 0 unspecified atom stereocenters. The number of aliphatic imine (C=N–C) groups is 1. The van der Waals surface area contributed by atoms with Crippen LogP contribution in [0.1, 0.15) is 45.6 Å². The van der Waals surface area contributed by atoms with Gasteiger partial charge in [-0.25, -0.2) is 9.79 Å². The zero-order valence-electron chi connectivity index (χ0n) is 18.2. The number of carbonyl (C=O) groups excluding carboxylic acids is 2. The summed E-state index contributed by atoms with van der Waals surface area (Å²) in [6, 6.07) is 7.71. The van der Waals surface area contributed by atoms with E-state index in [1.54, 1.807) is 4.90 Å². The third-order valence-corrected chi connectivity index (χ3v) is 5.35. The van der Waals surface area contributed by atoms with Gasteiger partial charge in [-0.2, -0.15) is 0 Å². The number of carbonyl (C=O) groups is 2. The number of anilines is 1. The highest BCUT2D eigenvalue weighted by Gasteiger charge is 2.27. The number of nitrogens with two attached hydrogens (primary N) is 1. The molecule has 164 valence electrons. The third kappa shape index (κ3) is 6.11.